The molecule has 1 aromatic rings. The van der Waals surface area contributed by atoms with E-state index in [1.165, 1.54) is 36.0 Å². The van der Waals surface area contributed by atoms with E-state index in [1.54, 1.807) is 0 Å². The van der Waals surface area contributed by atoms with Gasteiger partial charge in [0, 0.05) is 49.0 Å². The number of benzene rings is 1. The molecule has 5 rings (SSSR count). The Kier molecular flexibility index (Phi) is 6.76. The second-order valence-corrected chi connectivity index (χ2v) is 9.29. The zero-order chi connectivity index (χ0) is 21.0. The molecule has 4 aliphatic rings. The SMILES string of the molecule is CC1CC(NCC2CCCO2)NC(Nc2cc3c(c(C4=CCNCCC4)c2)OCC3)N1. The van der Waals surface area contributed by atoms with Crippen LogP contribution in [0.2, 0.25) is 0 Å². The van der Waals surface area contributed by atoms with E-state index < -0.39 is 0 Å². The van der Waals surface area contributed by atoms with Crippen LogP contribution in [0.1, 0.15) is 50.2 Å². The molecule has 0 amide bonds. The summed E-state index contributed by atoms with van der Waals surface area (Å²) in [5.41, 5.74) is 5.13. The lowest BCUT2D eigenvalue weighted by Gasteiger charge is -2.38. The summed E-state index contributed by atoms with van der Waals surface area (Å²) in [5, 5.41) is 18.2. The fourth-order valence-corrected chi connectivity index (χ4v) is 5.17. The van der Waals surface area contributed by atoms with Crippen LogP contribution in [0, 0.1) is 0 Å². The van der Waals surface area contributed by atoms with Crippen molar-refractivity contribution in [1.29, 1.82) is 0 Å². The third-order valence-electron chi connectivity index (χ3n) is 6.76. The number of ether oxygens (including phenoxy) is 2. The van der Waals surface area contributed by atoms with Crippen LogP contribution in [0.15, 0.2) is 18.2 Å². The molecule has 0 spiro atoms. The molecule has 4 heterocycles. The molecule has 0 saturated carbocycles. The number of rotatable bonds is 6. The van der Waals surface area contributed by atoms with E-state index in [0.29, 0.717) is 12.1 Å². The summed E-state index contributed by atoms with van der Waals surface area (Å²) >= 11 is 0. The average Bonchev–Trinajstić information content (AvgIpc) is 3.37. The Bertz CT molecular complexity index is 792. The van der Waals surface area contributed by atoms with Crippen molar-refractivity contribution in [2.75, 3.05) is 38.2 Å². The quantitative estimate of drug-likeness (QED) is 0.476. The zero-order valence-electron chi connectivity index (χ0n) is 18.6. The largest absolute Gasteiger partial charge is 0.492 e. The predicted octanol–water partition coefficient (Wildman–Crippen LogP) is 2.15. The highest BCUT2D eigenvalue weighted by molar-refractivity contribution is 5.76. The molecule has 7 nitrogen and oxygen atoms in total. The van der Waals surface area contributed by atoms with Crippen molar-refractivity contribution in [2.24, 2.45) is 0 Å². The first-order valence-corrected chi connectivity index (χ1v) is 12.1. The van der Waals surface area contributed by atoms with Gasteiger partial charge in [0.15, 0.2) is 0 Å². The first-order valence-electron chi connectivity index (χ1n) is 12.1. The lowest BCUT2D eigenvalue weighted by atomic mass is 9.96. The van der Waals surface area contributed by atoms with Gasteiger partial charge in [-0.2, -0.15) is 0 Å². The van der Waals surface area contributed by atoms with Gasteiger partial charge in [-0.3, -0.25) is 16.0 Å². The maximum absolute atomic E-state index is 6.04. The maximum atomic E-state index is 6.04. The van der Waals surface area contributed by atoms with Gasteiger partial charge >= 0.3 is 0 Å². The Morgan fingerprint density at radius 1 is 1.13 bits per heavy atom. The number of anilines is 1. The Hall–Kier alpha value is -1.64. The Balaban J connectivity index is 1.28. The molecule has 170 valence electrons. The predicted molar refractivity (Wildman–Crippen MR) is 124 cm³/mol. The van der Waals surface area contributed by atoms with Crippen LogP contribution in [-0.2, 0) is 11.2 Å². The first-order chi connectivity index (χ1) is 15.2. The van der Waals surface area contributed by atoms with Crippen molar-refractivity contribution < 1.29 is 9.47 Å². The summed E-state index contributed by atoms with van der Waals surface area (Å²) in [7, 11) is 0. The molecular weight excluding hydrogens is 390 g/mol. The number of nitrogens with one attached hydrogen (secondary N) is 5. The van der Waals surface area contributed by atoms with Crippen molar-refractivity contribution in [3.8, 4) is 5.75 Å². The van der Waals surface area contributed by atoms with Crippen LogP contribution in [0.3, 0.4) is 0 Å². The number of allylic oxidation sites excluding steroid dienone is 1. The van der Waals surface area contributed by atoms with E-state index in [-0.39, 0.29) is 12.5 Å². The third-order valence-corrected chi connectivity index (χ3v) is 6.76. The molecule has 0 bridgehead atoms. The van der Waals surface area contributed by atoms with Gasteiger partial charge in [0.25, 0.3) is 0 Å². The van der Waals surface area contributed by atoms with Crippen LogP contribution in [0.5, 0.6) is 5.75 Å². The fourth-order valence-electron chi connectivity index (χ4n) is 5.17. The molecule has 2 fully saturated rings. The van der Waals surface area contributed by atoms with E-state index in [9.17, 15) is 0 Å². The van der Waals surface area contributed by atoms with Crippen molar-refractivity contribution in [2.45, 2.75) is 70.0 Å². The van der Waals surface area contributed by atoms with E-state index in [4.69, 9.17) is 9.47 Å². The first kappa shape index (κ1) is 21.2. The topological polar surface area (TPSA) is 78.6 Å². The highest BCUT2D eigenvalue weighted by Gasteiger charge is 2.27. The maximum Gasteiger partial charge on any atom is 0.133 e. The van der Waals surface area contributed by atoms with Gasteiger partial charge in [-0.1, -0.05) is 6.08 Å². The Labute approximate surface area is 185 Å². The van der Waals surface area contributed by atoms with Gasteiger partial charge in [0.05, 0.1) is 18.9 Å². The van der Waals surface area contributed by atoms with E-state index in [0.717, 1.165) is 63.5 Å². The van der Waals surface area contributed by atoms with Crippen molar-refractivity contribution in [3.63, 3.8) is 0 Å². The van der Waals surface area contributed by atoms with Crippen molar-refractivity contribution in [3.05, 3.63) is 29.3 Å². The lowest BCUT2D eigenvalue weighted by Crippen LogP contribution is -2.64. The summed E-state index contributed by atoms with van der Waals surface area (Å²) in [6, 6.07) is 4.96. The monoisotopic (exact) mass is 427 g/mol. The van der Waals surface area contributed by atoms with Gasteiger partial charge in [0.1, 0.15) is 12.0 Å². The Morgan fingerprint density at radius 3 is 3.00 bits per heavy atom. The van der Waals surface area contributed by atoms with E-state index in [1.807, 2.05) is 0 Å². The second-order valence-electron chi connectivity index (χ2n) is 9.29. The summed E-state index contributed by atoms with van der Waals surface area (Å²) in [5.74, 6) is 1.09. The number of fused-ring (bicyclic) bond motifs is 1. The molecule has 2 saturated heterocycles. The van der Waals surface area contributed by atoms with Gasteiger partial charge in [-0.05, 0) is 63.3 Å². The molecule has 4 unspecified atom stereocenters. The molecule has 0 radical (unpaired) electrons. The smallest absolute Gasteiger partial charge is 0.133 e. The lowest BCUT2D eigenvalue weighted by molar-refractivity contribution is 0.101. The number of hydrogen-bond acceptors (Lipinski definition) is 7. The standard InChI is InChI=1S/C24H37N5O2/c1-16-12-22(26-15-20-5-3-10-30-20)29-24(27-16)28-19-13-18-7-11-31-23(18)21(14-19)17-4-2-8-25-9-6-17/h6,13-14,16,20,22,24-29H,2-5,7-12,15H2,1H3. The molecular formula is C24H37N5O2. The molecule has 4 aliphatic heterocycles. The highest BCUT2D eigenvalue weighted by Crippen LogP contribution is 2.38. The highest BCUT2D eigenvalue weighted by atomic mass is 16.5. The minimum Gasteiger partial charge on any atom is -0.492 e. The summed E-state index contributed by atoms with van der Waals surface area (Å²) < 4.78 is 11.8. The van der Waals surface area contributed by atoms with Gasteiger partial charge in [-0.15, -0.1) is 0 Å². The molecule has 5 N–H and O–H groups in total. The molecule has 31 heavy (non-hydrogen) atoms. The van der Waals surface area contributed by atoms with Crippen LogP contribution in [0.4, 0.5) is 5.69 Å². The zero-order valence-corrected chi connectivity index (χ0v) is 18.6. The second kappa shape index (κ2) is 9.88. The molecule has 0 aliphatic carbocycles. The molecule has 1 aromatic carbocycles. The summed E-state index contributed by atoms with van der Waals surface area (Å²) in [6.07, 6.45) is 9.63. The summed E-state index contributed by atoms with van der Waals surface area (Å²) in [4.78, 5) is 0. The van der Waals surface area contributed by atoms with Gasteiger partial charge < -0.3 is 20.1 Å². The van der Waals surface area contributed by atoms with Gasteiger partial charge in [-0.25, -0.2) is 0 Å². The minimum atomic E-state index is 0.0174. The fraction of sp³-hybridized carbons (Fsp3) is 0.667. The van der Waals surface area contributed by atoms with Crippen LogP contribution >= 0.6 is 0 Å². The van der Waals surface area contributed by atoms with Crippen LogP contribution in [-0.4, -0.2) is 57.4 Å². The average molecular weight is 428 g/mol. The molecule has 4 atom stereocenters. The molecule has 0 aromatic heterocycles. The van der Waals surface area contributed by atoms with Gasteiger partial charge in [0.2, 0.25) is 0 Å². The van der Waals surface area contributed by atoms with Crippen LogP contribution < -0.4 is 31.3 Å². The minimum absolute atomic E-state index is 0.0174. The van der Waals surface area contributed by atoms with Crippen molar-refractivity contribution in [1.82, 2.24) is 21.3 Å². The van der Waals surface area contributed by atoms with E-state index >= 15 is 0 Å². The normalized spacial score (nSPS) is 30.9. The third kappa shape index (κ3) is 5.23. The van der Waals surface area contributed by atoms with Crippen LogP contribution in [0.25, 0.3) is 5.57 Å². The van der Waals surface area contributed by atoms with E-state index in [2.05, 4.69) is 51.7 Å². The summed E-state index contributed by atoms with van der Waals surface area (Å²) in [6.45, 7) is 6.87. The Morgan fingerprint density at radius 2 is 2.10 bits per heavy atom. The molecule has 7 heteroatoms. The van der Waals surface area contributed by atoms with Crippen molar-refractivity contribution >= 4 is 11.3 Å². The number of hydrogen-bond donors (Lipinski definition) is 5.